The minimum Gasteiger partial charge on any atom is -0.350 e. The number of nitrogens with one attached hydrogen (secondary N) is 1. The van der Waals surface area contributed by atoms with Gasteiger partial charge in [-0.1, -0.05) is 12.1 Å². The SMILES string of the molecule is Cc1nc2ccccc2n1CCNC(=O)c1ccc(C(F)(F)F)nc1. The van der Waals surface area contributed by atoms with Crippen LogP contribution < -0.4 is 5.32 Å². The Bertz CT molecular complexity index is 900. The summed E-state index contributed by atoms with van der Waals surface area (Å²) >= 11 is 0. The van der Waals surface area contributed by atoms with Crippen LogP contribution in [0, 0.1) is 6.92 Å². The van der Waals surface area contributed by atoms with Gasteiger partial charge in [0.15, 0.2) is 0 Å². The average molecular weight is 348 g/mol. The molecule has 0 aliphatic heterocycles. The third-order valence-electron chi connectivity index (χ3n) is 3.78. The summed E-state index contributed by atoms with van der Waals surface area (Å²) in [5, 5.41) is 2.68. The van der Waals surface area contributed by atoms with Crippen molar-refractivity contribution in [3.63, 3.8) is 0 Å². The van der Waals surface area contributed by atoms with Crippen LogP contribution in [-0.4, -0.2) is 27.0 Å². The summed E-state index contributed by atoms with van der Waals surface area (Å²) in [4.78, 5) is 19.7. The lowest BCUT2D eigenvalue weighted by atomic mass is 10.2. The summed E-state index contributed by atoms with van der Waals surface area (Å²) < 4.78 is 39.4. The molecule has 1 aromatic carbocycles. The van der Waals surface area contributed by atoms with Gasteiger partial charge in [0, 0.05) is 19.3 Å². The van der Waals surface area contributed by atoms with Crippen LogP contribution in [0.5, 0.6) is 0 Å². The van der Waals surface area contributed by atoms with Gasteiger partial charge in [0.25, 0.3) is 5.91 Å². The summed E-state index contributed by atoms with van der Waals surface area (Å²) in [5.74, 6) is 0.356. The van der Waals surface area contributed by atoms with E-state index < -0.39 is 17.8 Å². The zero-order chi connectivity index (χ0) is 18.0. The van der Waals surface area contributed by atoms with Crippen molar-refractivity contribution in [3.8, 4) is 0 Å². The number of benzene rings is 1. The number of fused-ring (bicyclic) bond motifs is 1. The molecule has 0 fully saturated rings. The van der Waals surface area contributed by atoms with Gasteiger partial charge in [0.2, 0.25) is 0 Å². The van der Waals surface area contributed by atoms with Gasteiger partial charge in [-0.15, -0.1) is 0 Å². The summed E-state index contributed by atoms with van der Waals surface area (Å²) in [6.45, 7) is 2.70. The number of carbonyl (C=O) groups excluding carboxylic acids is 1. The number of carbonyl (C=O) groups is 1. The first kappa shape index (κ1) is 16.9. The number of para-hydroxylation sites is 2. The van der Waals surface area contributed by atoms with Gasteiger partial charge >= 0.3 is 6.18 Å². The fourth-order valence-electron chi connectivity index (χ4n) is 2.56. The van der Waals surface area contributed by atoms with Gasteiger partial charge < -0.3 is 9.88 Å². The molecule has 0 atom stereocenters. The summed E-state index contributed by atoms with van der Waals surface area (Å²) in [7, 11) is 0. The number of hydrogen-bond donors (Lipinski definition) is 1. The van der Waals surface area contributed by atoms with Crippen LogP contribution in [0.4, 0.5) is 13.2 Å². The highest BCUT2D eigenvalue weighted by Crippen LogP contribution is 2.27. The van der Waals surface area contributed by atoms with Crippen molar-refractivity contribution < 1.29 is 18.0 Å². The Kier molecular flexibility index (Phi) is 4.43. The summed E-state index contributed by atoms with van der Waals surface area (Å²) in [6.07, 6.45) is -3.59. The maximum atomic E-state index is 12.5. The minimum atomic E-state index is -4.52. The number of pyridine rings is 1. The van der Waals surface area contributed by atoms with E-state index >= 15 is 0 Å². The zero-order valence-electron chi connectivity index (χ0n) is 13.3. The Hall–Kier alpha value is -2.90. The molecule has 3 aromatic rings. The number of alkyl halides is 3. The maximum Gasteiger partial charge on any atom is 0.433 e. The Morgan fingerprint density at radius 2 is 1.96 bits per heavy atom. The molecule has 0 spiro atoms. The van der Waals surface area contributed by atoms with Crippen molar-refractivity contribution in [2.24, 2.45) is 0 Å². The Morgan fingerprint density at radius 1 is 1.20 bits per heavy atom. The van der Waals surface area contributed by atoms with E-state index in [-0.39, 0.29) is 5.56 Å². The predicted octanol–water partition coefficient (Wildman–Crippen LogP) is 3.19. The van der Waals surface area contributed by atoms with Crippen molar-refractivity contribution in [1.82, 2.24) is 19.9 Å². The number of aromatic nitrogens is 3. The van der Waals surface area contributed by atoms with Crippen LogP contribution in [0.15, 0.2) is 42.6 Å². The molecule has 3 rings (SSSR count). The summed E-state index contributed by atoms with van der Waals surface area (Å²) in [5.41, 5.74) is 0.897. The third-order valence-corrected chi connectivity index (χ3v) is 3.78. The topological polar surface area (TPSA) is 59.8 Å². The molecular weight excluding hydrogens is 333 g/mol. The first-order valence-corrected chi connectivity index (χ1v) is 7.59. The fraction of sp³-hybridized carbons (Fsp3) is 0.235. The molecule has 25 heavy (non-hydrogen) atoms. The molecule has 130 valence electrons. The van der Waals surface area contributed by atoms with Crippen LogP contribution in [-0.2, 0) is 12.7 Å². The van der Waals surface area contributed by atoms with E-state index in [4.69, 9.17) is 0 Å². The van der Waals surface area contributed by atoms with E-state index in [1.165, 1.54) is 0 Å². The predicted molar refractivity (Wildman–Crippen MR) is 86.0 cm³/mol. The van der Waals surface area contributed by atoms with Crippen LogP contribution in [0.3, 0.4) is 0 Å². The second-order valence-electron chi connectivity index (χ2n) is 5.49. The number of imidazole rings is 1. The van der Waals surface area contributed by atoms with Gasteiger partial charge in [-0.3, -0.25) is 9.78 Å². The highest BCUT2D eigenvalue weighted by molar-refractivity contribution is 5.93. The number of hydrogen-bond acceptors (Lipinski definition) is 3. The molecule has 0 saturated carbocycles. The normalized spacial score (nSPS) is 11.7. The highest BCUT2D eigenvalue weighted by Gasteiger charge is 2.32. The molecule has 0 saturated heterocycles. The number of amides is 1. The molecule has 0 bridgehead atoms. The van der Waals surface area contributed by atoms with Gasteiger partial charge in [0.1, 0.15) is 11.5 Å². The fourth-order valence-corrected chi connectivity index (χ4v) is 2.56. The van der Waals surface area contributed by atoms with Gasteiger partial charge in [-0.05, 0) is 31.2 Å². The number of nitrogens with zero attached hydrogens (tertiary/aromatic N) is 3. The highest BCUT2D eigenvalue weighted by atomic mass is 19.4. The number of aryl methyl sites for hydroxylation is 1. The molecule has 2 aromatic heterocycles. The zero-order valence-corrected chi connectivity index (χ0v) is 13.3. The molecule has 5 nitrogen and oxygen atoms in total. The van der Waals surface area contributed by atoms with Gasteiger partial charge in [-0.25, -0.2) is 4.98 Å². The Balaban J connectivity index is 1.63. The molecule has 0 aliphatic carbocycles. The lowest BCUT2D eigenvalue weighted by Gasteiger charge is -2.09. The van der Waals surface area contributed by atoms with Crippen molar-refractivity contribution in [2.75, 3.05) is 6.54 Å². The quantitative estimate of drug-likeness (QED) is 0.788. The van der Waals surface area contributed by atoms with E-state index in [0.717, 1.165) is 35.2 Å². The molecule has 0 radical (unpaired) electrons. The van der Waals surface area contributed by atoms with E-state index in [2.05, 4.69) is 15.3 Å². The van der Waals surface area contributed by atoms with Gasteiger partial charge in [0.05, 0.1) is 16.6 Å². The first-order valence-electron chi connectivity index (χ1n) is 7.59. The standard InChI is InChI=1S/C17H15F3N4O/c1-11-23-13-4-2-3-5-14(13)24(11)9-8-21-16(25)12-6-7-15(22-10-12)17(18,19)20/h2-7,10H,8-9H2,1H3,(H,21,25). The smallest absolute Gasteiger partial charge is 0.350 e. The molecule has 1 amide bonds. The second-order valence-corrected chi connectivity index (χ2v) is 5.49. The first-order chi connectivity index (χ1) is 11.9. The molecule has 0 unspecified atom stereocenters. The van der Waals surface area contributed by atoms with Crippen LogP contribution in [0.1, 0.15) is 21.9 Å². The van der Waals surface area contributed by atoms with Crippen molar-refractivity contribution >= 4 is 16.9 Å². The minimum absolute atomic E-state index is 0.0835. The van der Waals surface area contributed by atoms with Gasteiger partial charge in [-0.2, -0.15) is 13.2 Å². The lowest BCUT2D eigenvalue weighted by Crippen LogP contribution is -2.27. The largest absolute Gasteiger partial charge is 0.433 e. The Labute approximate surface area is 141 Å². The van der Waals surface area contributed by atoms with E-state index in [1.54, 1.807) is 0 Å². The maximum absolute atomic E-state index is 12.5. The molecular formula is C17H15F3N4O. The van der Waals surface area contributed by atoms with E-state index in [0.29, 0.717) is 13.1 Å². The van der Waals surface area contributed by atoms with Crippen molar-refractivity contribution in [1.29, 1.82) is 0 Å². The Morgan fingerprint density at radius 3 is 2.64 bits per heavy atom. The van der Waals surface area contributed by atoms with Crippen molar-refractivity contribution in [2.45, 2.75) is 19.6 Å². The molecule has 2 heterocycles. The van der Waals surface area contributed by atoms with Crippen molar-refractivity contribution in [3.05, 3.63) is 59.7 Å². The summed E-state index contributed by atoms with van der Waals surface area (Å²) in [6, 6.07) is 9.57. The van der Waals surface area contributed by atoms with Crippen LogP contribution in [0.25, 0.3) is 11.0 Å². The lowest BCUT2D eigenvalue weighted by molar-refractivity contribution is -0.141. The molecule has 8 heteroatoms. The van der Waals surface area contributed by atoms with E-state index in [9.17, 15) is 18.0 Å². The van der Waals surface area contributed by atoms with E-state index in [1.807, 2.05) is 35.8 Å². The third kappa shape index (κ3) is 3.62. The molecule has 0 aliphatic rings. The number of halogens is 3. The van der Waals surface area contributed by atoms with Crippen LogP contribution in [0.2, 0.25) is 0 Å². The average Bonchev–Trinajstić information content (AvgIpc) is 2.90. The molecule has 1 N–H and O–H groups in total. The second kappa shape index (κ2) is 6.54. The van der Waals surface area contributed by atoms with Crippen LogP contribution >= 0.6 is 0 Å². The monoisotopic (exact) mass is 348 g/mol. The number of rotatable bonds is 4.